The number of fused-ring (bicyclic) bond motifs is 7. The van der Waals surface area contributed by atoms with E-state index in [1.165, 1.54) is 0 Å². The van der Waals surface area contributed by atoms with Crippen molar-refractivity contribution in [3.63, 3.8) is 0 Å². The Hall–Kier alpha value is -5.83. The van der Waals surface area contributed by atoms with Crippen molar-refractivity contribution in [2.45, 2.75) is 0 Å². The van der Waals surface area contributed by atoms with E-state index in [1.54, 1.807) is 12.1 Å². The molecule has 0 atom stereocenters. The first kappa shape index (κ1) is 21.5. The van der Waals surface area contributed by atoms with Crippen LogP contribution in [0.2, 0.25) is 0 Å². The van der Waals surface area contributed by atoms with Crippen LogP contribution in [0.15, 0.2) is 103 Å². The standard InChI is InChI=1S/C33H17N5/c34-18-21-13-15-28(23(17-21)20-36)37-30-12-6-3-9-26(30)32-31(37)16-14-25-24-8-2-5-11-29(24)38(33(25)32)27-10-4-1-7-22(27)19-35/h1-17H. The van der Waals surface area contributed by atoms with Crippen molar-refractivity contribution < 1.29 is 0 Å². The van der Waals surface area contributed by atoms with E-state index < -0.39 is 0 Å². The molecule has 7 rings (SSSR count). The maximum Gasteiger partial charge on any atom is 0.101 e. The van der Waals surface area contributed by atoms with Gasteiger partial charge in [0.25, 0.3) is 0 Å². The normalized spacial score (nSPS) is 11.1. The van der Waals surface area contributed by atoms with E-state index in [9.17, 15) is 15.8 Å². The molecule has 0 radical (unpaired) electrons. The van der Waals surface area contributed by atoms with Gasteiger partial charge >= 0.3 is 0 Å². The summed E-state index contributed by atoms with van der Waals surface area (Å²) in [5.74, 6) is 0. The summed E-state index contributed by atoms with van der Waals surface area (Å²) in [6.07, 6.45) is 0. The summed E-state index contributed by atoms with van der Waals surface area (Å²) in [4.78, 5) is 0. The van der Waals surface area contributed by atoms with Crippen LogP contribution in [0.3, 0.4) is 0 Å². The Morgan fingerprint density at radius 3 is 1.89 bits per heavy atom. The Labute approximate surface area is 217 Å². The van der Waals surface area contributed by atoms with Crippen LogP contribution in [-0.2, 0) is 0 Å². The summed E-state index contributed by atoms with van der Waals surface area (Å²) in [5, 5.41) is 33.6. The second-order valence-corrected chi connectivity index (χ2v) is 9.15. The van der Waals surface area contributed by atoms with Gasteiger partial charge in [-0.15, -0.1) is 0 Å². The van der Waals surface area contributed by atoms with E-state index in [0.29, 0.717) is 16.7 Å². The molecule has 0 amide bonds. The van der Waals surface area contributed by atoms with Crippen LogP contribution >= 0.6 is 0 Å². The molecule has 0 fully saturated rings. The van der Waals surface area contributed by atoms with Crippen LogP contribution in [0.5, 0.6) is 0 Å². The van der Waals surface area contributed by atoms with E-state index >= 15 is 0 Å². The van der Waals surface area contributed by atoms with Gasteiger partial charge in [0.1, 0.15) is 12.1 Å². The van der Waals surface area contributed by atoms with Crippen molar-refractivity contribution in [3.8, 4) is 29.6 Å². The second-order valence-electron chi connectivity index (χ2n) is 9.15. The van der Waals surface area contributed by atoms with Gasteiger partial charge in [-0.05, 0) is 48.5 Å². The number of hydrogen-bond donors (Lipinski definition) is 0. The Balaban J connectivity index is 1.74. The Kier molecular flexibility index (Phi) is 4.57. The molecule has 5 nitrogen and oxygen atoms in total. The smallest absolute Gasteiger partial charge is 0.101 e. The average molecular weight is 484 g/mol. The Bertz CT molecular complexity index is 2230. The number of nitrogens with zero attached hydrogens (tertiary/aromatic N) is 5. The molecule has 5 heteroatoms. The van der Waals surface area contributed by atoms with Crippen LogP contribution in [0.4, 0.5) is 0 Å². The fourth-order valence-corrected chi connectivity index (χ4v) is 5.67. The summed E-state index contributed by atoms with van der Waals surface area (Å²) < 4.78 is 4.29. The number of aromatic nitrogens is 2. The first-order valence-corrected chi connectivity index (χ1v) is 12.1. The van der Waals surface area contributed by atoms with Gasteiger partial charge < -0.3 is 9.13 Å². The van der Waals surface area contributed by atoms with Crippen molar-refractivity contribution >= 4 is 43.6 Å². The van der Waals surface area contributed by atoms with Crippen LogP contribution in [-0.4, -0.2) is 9.13 Å². The molecule has 0 aliphatic rings. The summed E-state index contributed by atoms with van der Waals surface area (Å²) >= 11 is 0. The minimum atomic E-state index is 0.433. The molecule has 0 unspecified atom stereocenters. The molecule has 0 spiro atoms. The van der Waals surface area contributed by atoms with Crippen molar-refractivity contribution in [2.24, 2.45) is 0 Å². The molecule has 0 aliphatic carbocycles. The van der Waals surface area contributed by atoms with Gasteiger partial charge in [0.2, 0.25) is 0 Å². The molecule has 0 N–H and O–H groups in total. The molecule has 2 aromatic heterocycles. The number of para-hydroxylation sites is 3. The summed E-state index contributed by atoms with van der Waals surface area (Å²) in [6, 6.07) is 40.3. The Morgan fingerprint density at radius 2 is 1.13 bits per heavy atom. The summed E-state index contributed by atoms with van der Waals surface area (Å²) in [7, 11) is 0. The van der Waals surface area contributed by atoms with Gasteiger partial charge in [-0.25, -0.2) is 0 Å². The zero-order valence-electron chi connectivity index (χ0n) is 20.1. The lowest BCUT2D eigenvalue weighted by molar-refractivity contribution is 1.16. The second kappa shape index (κ2) is 8.10. The SMILES string of the molecule is N#Cc1ccc(-n2c3ccccc3c3c2ccc2c4ccccc4n(-c4ccccc4C#N)c23)c(C#N)c1. The zero-order valence-corrected chi connectivity index (χ0v) is 20.1. The predicted molar refractivity (Wildman–Crippen MR) is 149 cm³/mol. The molecular formula is C33H17N5. The fraction of sp³-hybridized carbons (Fsp3) is 0. The highest BCUT2D eigenvalue weighted by Gasteiger charge is 2.22. The monoisotopic (exact) mass is 483 g/mol. The number of benzene rings is 5. The minimum absolute atomic E-state index is 0.433. The maximum atomic E-state index is 9.99. The average Bonchev–Trinajstić information content (AvgIpc) is 3.49. The van der Waals surface area contributed by atoms with Gasteiger partial charge in [-0.3, -0.25) is 0 Å². The number of hydrogen-bond acceptors (Lipinski definition) is 3. The Morgan fingerprint density at radius 1 is 0.474 bits per heavy atom. The fourth-order valence-electron chi connectivity index (χ4n) is 5.67. The van der Waals surface area contributed by atoms with E-state index in [4.69, 9.17) is 0 Å². The molecular weight excluding hydrogens is 466 g/mol. The van der Waals surface area contributed by atoms with Crippen LogP contribution < -0.4 is 0 Å². The van der Waals surface area contributed by atoms with Gasteiger partial charge in [0.15, 0.2) is 0 Å². The highest BCUT2D eigenvalue weighted by Crippen LogP contribution is 2.42. The van der Waals surface area contributed by atoms with Crippen LogP contribution in [0.25, 0.3) is 55.0 Å². The van der Waals surface area contributed by atoms with Crippen molar-refractivity contribution in [3.05, 3.63) is 120 Å². The first-order chi connectivity index (χ1) is 18.7. The van der Waals surface area contributed by atoms with Crippen LogP contribution in [0, 0.1) is 34.0 Å². The third-order valence-corrected chi connectivity index (χ3v) is 7.22. The minimum Gasteiger partial charge on any atom is -0.308 e. The van der Waals surface area contributed by atoms with Gasteiger partial charge in [-0.2, -0.15) is 15.8 Å². The van der Waals surface area contributed by atoms with Crippen molar-refractivity contribution in [1.29, 1.82) is 15.8 Å². The lowest BCUT2D eigenvalue weighted by atomic mass is 10.1. The molecule has 7 aromatic rings. The third kappa shape index (κ3) is 2.83. The lowest BCUT2D eigenvalue weighted by Crippen LogP contribution is -1.99. The van der Waals surface area contributed by atoms with E-state index in [2.05, 4.69) is 63.7 Å². The summed E-state index contributed by atoms with van der Waals surface area (Å²) in [5.41, 5.74) is 6.94. The van der Waals surface area contributed by atoms with Crippen molar-refractivity contribution in [2.75, 3.05) is 0 Å². The largest absolute Gasteiger partial charge is 0.308 e. The molecule has 0 aliphatic heterocycles. The zero-order chi connectivity index (χ0) is 25.8. The topological polar surface area (TPSA) is 81.2 Å². The van der Waals surface area contributed by atoms with Gasteiger partial charge in [0, 0.05) is 21.5 Å². The number of nitriles is 3. The van der Waals surface area contributed by atoms with E-state index in [0.717, 1.165) is 55.0 Å². The summed E-state index contributed by atoms with van der Waals surface area (Å²) in [6.45, 7) is 0. The lowest BCUT2D eigenvalue weighted by Gasteiger charge is -2.12. The molecule has 2 heterocycles. The highest BCUT2D eigenvalue weighted by molar-refractivity contribution is 6.26. The molecule has 0 saturated heterocycles. The third-order valence-electron chi connectivity index (χ3n) is 7.22. The van der Waals surface area contributed by atoms with Crippen LogP contribution in [0.1, 0.15) is 16.7 Å². The molecule has 0 bridgehead atoms. The van der Waals surface area contributed by atoms with Crippen molar-refractivity contribution in [1.82, 2.24) is 9.13 Å². The highest BCUT2D eigenvalue weighted by atomic mass is 15.0. The van der Waals surface area contributed by atoms with Gasteiger partial charge in [-0.1, -0.05) is 54.6 Å². The number of rotatable bonds is 2. The maximum absolute atomic E-state index is 9.99. The molecule has 5 aromatic carbocycles. The van der Waals surface area contributed by atoms with E-state index in [-0.39, 0.29) is 0 Å². The predicted octanol–water partition coefficient (Wildman–Crippen LogP) is 7.50. The molecule has 0 saturated carbocycles. The first-order valence-electron chi connectivity index (χ1n) is 12.1. The molecule has 174 valence electrons. The van der Waals surface area contributed by atoms with Gasteiger partial charge in [0.05, 0.1) is 56.2 Å². The van der Waals surface area contributed by atoms with E-state index in [1.807, 2.05) is 54.6 Å². The quantitative estimate of drug-likeness (QED) is 0.255. The molecule has 38 heavy (non-hydrogen) atoms.